The molecule has 3 heterocycles. The molecule has 2 aromatic rings. The van der Waals surface area contributed by atoms with Gasteiger partial charge in [0.05, 0.1) is 6.33 Å². The van der Waals surface area contributed by atoms with Crippen LogP contribution in [0.2, 0.25) is 0 Å². The molecule has 0 radical (unpaired) electrons. The number of piperidine rings is 2. The Morgan fingerprint density at radius 3 is 2.43 bits per heavy atom. The van der Waals surface area contributed by atoms with Gasteiger partial charge in [-0.3, -0.25) is 4.79 Å². The Kier molecular flexibility index (Phi) is 6.07. The van der Waals surface area contributed by atoms with Crippen LogP contribution >= 0.6 is 0 Å². The first-order valence-corrected chi connectivity index (χ1v) is 11.6. The number of carboxylic acids is 1. The van der Waals surface area contributed by atoms with Gasteiger partial charge in [0.15, 0.2) is 0 Å². The van der Waals surface area contributed by atoms with E-state index in [1.54, 1.807) is 12.5 Å². The number of benzene rings is 1. The first-order chi connectivity index (χ1) is 14.4. The largest absolute Gasteiger partial charge is 0.490 e. The second kappa shape index (κ2) is 8.75. The molecule has 1 aromatic heterocycles. The zero-order valence-electron chi connectivity index (χ0n) is 16.6. The van der Waals surface area contributed by atoms with Gasteiger partial charge < -0.3 is 14.4 Å². The molecule has 0 unspecified atom stereocenters. The molecule has 1 atom stereocenters. The minimum Gasteiger partial charge on any atom is -0.490 e. The van der Waals surface area contributed by atoms with Gasteiger partial charge in [0.2, 0.25) is 0 Å². The third-order valence-corrected chi connectivity index (χ3v) is 7.75. The molecule has 0 saturated carbocycles. The molecule has 4 rings (SSSR count). The monoisotopic (exact) mass is 434 g/mol. The van der Waals surface area contributed by atoms with Crippen molar-refractivity contribution in [3.05, 3.63) is 43.0 Å². The van der Waals surface area contributed by atoms with E-state index in [-0.39, 0.29) is 12.6 Å². The van der Waals surface area contributed by atoms with Crippen LogP contribution in [0.5, 0.6) is 5.75 Å². The van der Waals surface area contributed by atoms with Gasteiger partial charge in [0, 0.05) is 37.7 Å². The summed E-state index contributed by atoms with van der Waals surface area (Å²) in [5.41, 5.74) is 0.982. The van der Waals surface area contributed by atoms with Crippen molar-refractivity contribution >= 4 is 16.2 Å². The molecule has 2 aliphatic rings. The second-order valence-electron chi connectivity index (χ2n) is 7.65. The molecule has 9 nitrogen and oxygen atoms in total. The number of carbonyl (C=O) groups is 1. The van der Waals surface area contributed by atoms with Gasteiger partial charge in [0.25, 0.3) is 10.2 Å². The van der Waals surface area contributed by atoms with Crippen molar-refractivity contribution in [2.24, 2.45) is 0 Å². The highest BCUT2D eigenvalue weighted by molar-refractivity contribution is 7.86. The van der Waals surface area contributed by atoms with Gasteiger partial charge in [-0.25, -0.2) is 4.98 Å². The van der Waals surface area contributed by atoms with Crippen molar-refractivity contribution in [2.45, 2.75) is 44.2 Å². The Hall–Kier alpha value is -2.43. The van der Waals surface area contributed by atoms with E-state index >= 15 is 0 Å². The van der Waals surface area contributed by atoms with E-state index in [1.807, 2.05) is 35.0 Å². The fraction of sp³-hybridized carbons (Fsp3) is 0.500. The standard InChI is InChI=1S/C20H26N4O5S/c25-20(26)19-3-1-2-11-24(19)30(27,28)23-12-8-18(9-13-23)29-17-6-4-16(5-7-17)22-14-10-21-15-22/h4-7,10,14-15,18-19H,1-3,8-9,11-13H2,(H,25,26)/t19-/m1/s1. The first kappa shape index (κ1) is 20.8. The zero-order chi connectivity index (χ0) is 21.1. The number of hydrogen-bond acceptors (Lipinski definition) is 5. The highest BCUT2D eigenvalue weighted by Crippen LogP contribution is 2.27. The van der Waals surface area contributed by atoms with E-state index in [1.165, 1.54) is 4.31 Å². The highest BCUT2D eigenvalue weighted by atomic mass is 32.2. The van der Waals surface area contributed by atoms with Gasteiger partial charge in [-0.2, -0.15) is 17.0 Å². The number of rotatable bonds is 6. The van der Waals surface area contributed by atoms with Crippen molar-refractivity contribution in [1.82, 2.24) is 18.2 Å². The zero-order valence-corrected chi connectivity index (χ0v) is 17.4. The molecule has 30 heavy (non-hydrogen) atoms. The lowest BCUT2D eigenvalue weighted by molar-refractivity contribution is -0.142. The number of nitrogens with zero attached hydrogens (tertiary/aromatic N) is 4. The maximum absolute atomic E-state index is 13.0. The summed E-state index contributed by atoms with van der Waals surface area (Å²) in [4.78, 5) is 15.5. The van der Waals surface area contributed by atoms with Crippen molar-refractivity contribution < 1.29 is 23.1 Å². The minimum atomic E-state index is -3.78. The summed E-state index contributed by atoms with van der Waals surface area (Å²) in [7, 11) is -3.78. The lowest BCUT2D eigenvalue weighted by Gasteiger charge is -2.38. The summed E-state index contributed by atoms with van der Waals surface area (Å²) in [6.07, 6.45) is 8.15. The smallest absolute Gasteiger partial charge is 0.322 e. The topological polar surface area (TPSA) is 105 Å². The number of hydrogen-bond donors (Lipinski definition) is 1. The summed E-state index contributed by atoms with van der Waals surface area (Å²) in [5, 5.41) is 9.41. The molecule has 1 aromatic carbocycles. The molecule has 0 amide bonds. The summed E-state index contributed by atoms with van der Waals surface area (Å²) < 4.78 is 36.5. The van der Waals surface area contributed by atoms with Crippen LogP contribution in [0, 0.1) is 0 Å². The van der Waals surface area contributed by atoms with E-state index in [0.29, 0.717) is 38.8 Å². The molecule has 0 spiro atoms. The fourth-order valence-electron chi connectivity index (χ4n) is 4.06. The minimum absolute atomic E-state index is 0.0767. The molecule has 2 aliphatic heterocycles. The van der Waals surface area contributed by atoms with Gasteiger partial charge >= 0.3 is 5.97 Å². The van der Waals surface area contributed by atoms with Gasteiger partial charge in [-0.05, 0) is 56.4 Å². The van der Waals surface area contributed by atoms with Crippen LogP contribution in [0.4, 0.5) is 0 Å². The van der Waals surface area contributed by atoms with Crippen LogP contribution in [0.15, 0.2) is 43.0 Å². The Labute approximate surface area is 176 Å². The van der Waals surface area contributed by atoms with Crippen LogP contribution in [0.25, 0.3) is 5.69 Å². The Morgan fingerprint density at radius 2 is 1.80 bits per heavy atom. The van der Waals surface area contributed by atoms with Crippen LogP contribution < -0.4 is 4.74 Å². The third kappa shape index (κ3) is 4.35. The molecule has 0 bridgehead atoms. The maximum atomic E-state index is 13.0. The summed E-state index contributed by atoms with van der Waals surface area (Å²) >= 11 is 0. The van der Waals surface area contributed by atoms with Crippen LogP contribution in [0.3, 0.4) is 0 Å². The number of imidazole rings is 1. The van der Waals surface area contributed by atoms with Crippen molar-refractivity contribution in [1.29, 1.82) is 0 Å². The number of aromatic nitrogens is 2. The molecule has 1 N–H and O–H groups in total. The average Bonchev–Trinajstić information content (AvgIpc) is 3.29. The molecule has 162 valence electrons. The first-order valence-electron chi connectivity index (χ1n) is 10.2. The van der Waals surface area contributed by atoms with Crippen molar-refractivity contribution in [3.8, 4) is 11.4 Å². The molecular formula is C20H26N4O5S. The SMILES string of the molecule is O=C(O)[C@H]1CCCCN1S(=O)(=O)N1CCC(Oc2ccc(-n3ccnc3)cc2)CC1. The lowest BCUT2D eigenvalue weighted by atomic mass is 10.1. The molecule has 10 heteroatoms. The fourth-order valence-corrected chi connectivity index (χ4v) is 5.90. The van der Waals surface area contributed by atoms with E-state index in [2.05, 4.69) is 4.98 Å². The predicted molar refractivity (Wildman–Crippen MR) is 110 cm³/mol. The number of carboxylic acid groups (broad SMARTS) is 1. The van der Waals surface area contributed by atoms with Gasteiger partial charge in [-0.1, -0.05) is 0 Å². The average molecular weight is 435 g/mol. The number of aliphatic carboxylic acids is 1. The van der Waals surface area contributed by atoms with E-state index in [9.17, 15) is 18.3 Å². The summed E-state index contributed by atoms with van der Waals surface area (Å²) in [5.74, 6) is -0.335. The summed E-state index contributed by atoms with van der Waals surface area (Å²) in [6, 6.07) is 6.71. The Morgan fingerprint density at radius 1 is 1.07 bits per heavy atom. The van der Waals surface area contributed by atoms with Crippen LogP contribution in [-0.2, 0) is 15.0 Å². The maximum Gasteiger partial charge on any atom is 0.322 e. The molecule has 2 fully saturated rings. The van der Waals surface area contributed by atoms with Crippen molar-refractivity contribution in [3.63, 3.8) is 0 Å². The Balaban J connectivity index is 1.35. The van der Waals surface area contributed by atoms with Gasteiger partial charge in [0.1, 0.15) is 17.9 Å². The number of ether oxygens (including phenoxy) is 1. The Bertz CT molecular complexity index is 954. The van der Waals surface area contributed by atoms with E-state index in [0.717, 1.165) is 22.2 Å². The lowest BCUT2D eigenvalue weighted by Crippen LogP contribution is -2.55. The molecule has 2 saturated heterocycles. The van der Waals surface area contributed by atoms with Gasteiger partial charge in [-0.15, -0.1) is 0 Å². The van der Waals surface area contributed by atoms with Crippen LogP contribution in [0.1, 0.15) is 32.1 Å². The highest BCUT2D eigenvalue weighted by Gasteiger charge is 2.41. The molecular weight excluding hydrogens is 408 g/mol. The van der Waals surface area contributed by atoms with Crippen molar-refractivity contribution in [2.75, 3.05) is 19.6 Å². The predicted octanol–water partition coefficient (Wildman–Crippen LogP) is 1.90. The quantitative estimate of drug-likeness (QED) is 0.745. The third-order valence-electron chi connectivity index (χ3n) is 5.70. The normalized spacial score (nSPS) is 22.1. The second-order valence-corrected chi connectivity index (χ2v) is 9.53. The summed E-state index contributed by atoms with van der Waals surface area (Å²) in [6.45, 7) is 0.908. The van der Waals surface area contributed by atoms with Crippen LogP contribution in [-0.4, -0.2) is 69.4 Å². The molecule has 0 aliphatic carbocycles. The van der Waals surface area contributed by atoms with E-state index < -0.39 is 22.2 Å². The van der Waals surface area contributed by atoms with E-state index in [4.69, 9.17) is 4.74 Å².